The first kappa shape index (κ1) is 10.2. The first-order valence-corrected chi connectivity index (χ1v) is 5.42. The quantitative estimate of drug-likeness (QED) is 0.847. The lowest BCUT2D eigenvalue weighted by Gasteiger charge is -2.05. The minimum Gasteiger partial charge on any atom is -0.487 e. The van der Waals surface area contributed by atoms with E-state index in [4.69, 9.17) is 4.74 Å². The number of benzene rings is 1. The smallest absolute Gasteiger partial charge is 0.130 e. The number of ether oxygens (including phenoxy) is 1. The van der Waals surface area contributed by atoms with Gasteiger partial charge in [0.15, 0.2) is 0 Å². The third-order valence-electron chi connectivity index (χ3n) is 1.91. The van der Waals surface area contributed by atoms with Crippen LogP contribution in [0.1, 0.15) is 5.69 Å². The van der Waals surface area contributed by atoms with E-state index in [1.165, 1.54) is 0 Å². The van der Waals surface area contributed by atoms with Crippen molar-refractivity contribution < 1.29 is 4.74 Å². The minimum absolute atomic E-state index is 0.490. The summed E-state index contributed by atoms with van der Waals surface area (Å²) in [6.07, 6.45) is 1.76. The zero-order valence-corrected chi connectivity index (χ0v) is 9.65. The zero-order chi connectivity index (χ0) is 10.5. The Balaban J connectivity index is 1.99. The van der Waals surface area contributed by atoms with Crippen molar-refractivity contribution in [2.45, 2.75) is 6.61 Å². The molecule has 0 spiro atoms. The summed E-state index contributed by atoms with van der Waals surface area (Å²) < 4.78 is 6.58. The Bertz CT molecular complexity index is 431. The SMILES string of the molecule is Brc1ccnc(COc2ccccc2)c1. The van der Waals surface area contributed by atoms with Crippen molar-refractivity contribution in [1.82, 2.24) is 4.98 Å². The molecule has 1 heterocycles. The van der Waals surface area contributed by atoms with Gasteiger partial charge in [0.1, 0.15) is 12.4 Å². The molecule has 0 N–H and O–H groups in total. The highest BCUT2D eigenvalue weighted by molar-refractivity contribution is 9.10. The summed E-state index contributed by atoms with van der Waals surface area (Å²) in [5.41, 5.74) is 0.910. The molecule has 0 radical (unpaired) electrons. The number of pyridine rings is 1. The molecular formula is C12H10BrNO. The van der Waals surface area contributed by atoms with E-state index < -0.39 is 0 Å². The molecule has 1 aromatic heterocycles. The molecule has 76 valence electrons. The second kappa shape index (κ2) is 4.94. The topological polar surface area (TPSA) is 22.1 Å². The average Bonchev–Trinajstić information content (AvgIpc) is 2.28. The second-order valence-corrected chi connectivity index (χ2v) is 3.98. The number of rotatable bonds is 3. The Kier molecular flexibility index (Phi) is 3.35. The number of halogens is 1. The predicted octanol–water partition coefficient (Wildman–Crippen LogP) is 3.42. The molecule has 0 saturated heterocycles. The lowest BCUT2D eigenvalue weighted by atomic mass is 10.3. The highest BCUT2D eigenvalue weighted by Gasteiger charge is 1.96. The standard InChI is InChI=1S/C12H10BrNO/c13-10-6-7-14-11(8-10)9-15-12-4-2-1-3-5-12/h1-8H,9H2. The van der Waals surface area contributed by atoms with E-state index in [0.29, 0.717) is 6.61 Å². The summed E-state index contributed by atoms with van der Waals surface area (Å²) >= 11 is 3.39. The van der Waals surface area contributed by atoms with E-state index >= 15 is 0 Å². The Labute approximate surface area is 97.1 Å². The van der Waals surface area contributed by atoms with Crippen LogP contribution in [-0.4, -0.2) is 4.98 Å². The van der Waals surface area contributed by atoms with Crippen LogP contribution in [0.15, 0.2) is 53.1 Å². The molecule has 0 aliphatic carbocycles. The van der Waals surface area contributed by atoms with Crippen molar-refractivity contribution in [2.24, 2.45) is 0 Å². The van der Waals surface area contributed by atoms with Gasteiger partial charge in [-0.25, -0.2) is 0 Å². The minimum atomic E-state index is 0.490. The first-order chi connectivity index (χ1) is 7.34. The normalized spacial score (nSPS) is 9.93. The molecule has 0 fully saturated rings. The summed E-state index contributed by atoms with van der Waals surface area (Å²) in [5.74, 6) is 0.860. The van der Waals surface area contributed by atoms with Crippen molar-refractivity contribution in [3.05, 3.63) is 58.8 Å². The molecule has 0 aliphatic heterocycles. The molecule has 1 aromatic carbocycles. The maximum atomic E-state index is 5.56. The molecule has 2 rings (SSSR count). The maximum Gasteiger partial charge on any atom is 0.130 e. The van der Waals surface area contributed by atoms with Gasteiger partial charge in [0.05, 0.1) is 5.69 Å². The second-order valence-electron chi connectivity index (χ2n) is 3.07. The molecule has 3 heteroatoms. The van der Waals surface area contributed by atoms with E-state index in [2.05, 4.69) is 20.9 Å². The van der Waals surface area contributed by atoms with Crippen LogP contribution < -0.4 is 4.74 Å². The van der Waals surface area contributed by atoms with Crippen LogP contribution in [-0.2, 0) is 6.61 Å². The molecule has 0 aliphatic rings. The van der Waals surface area contributed by atoms with Crippen LogP contribution in [0.2, 0.25) is 0 Å². The van der Waals surface area contributed by atoms with Gasteiger partial charge in [-0.2, -0.15) is 0 Å². The lowest BCUT2D eigenvalue weighted by Crippen LogP contribution is -1.97. The fraction of sp³-hybridized carbons (Fsp3) is 0.0833. The third kappa shape index (κ3) is 3.06. The molecule has 0 saturated carbocycles. The highest BCUT2D eigenvalue weighted by atomic mass is 79.9. The van der Waals surface area contributed by atoms with Gasteiger partial charge < -0.3 is 4.74 Å². The number of para-hydroxylation sites is 1. The van der Waals surface area contributed by atoms with Crippen LogP contribution in [0.3, 0.4) is 0 Å². The Morgan fingerprint density at radius 3 is 2.67 bits per heavy atom. The zero-order valence-electron chi connectivity index (χ0n) is 8.06. The Morgan fingerprint density at radius 1 is 1.13 bits per heavy atom. The molecule has 2 aromatic rings. The van der Waals surface area contributed by atoms with Crippen molar-refractivity contribution in [3.8, 4) is 5.75 Å². The number of hydrogen-bond acceptors (Lipinski definition) is 2. The molecule has 2 nitrogen and oxygen atoms in total. The summed E-state index contributed by atoms with van der Waals surface area (Å²) in [6.45, 7) is 0.490. The molecule has 0 atom stereocenters. The van der Waals surface area contributed by atoms with Gasteiger partial charge in [0.25, 0.3) is 0 Å². The van der Waals surface area contributed by atoms with Crippen LogP contribution in [0, 0.1) is 0 Å². The van der Waals surface area contributed by atoms with Gasteiger partial charge in [0, 0.05) is 10.7 Å². The van der Waals surface area contributed by atoms with Gasteiger partial charge in [-0.3, -0.25) is 4.98 Å². The van der Waals surface area contributed by atoms with Gasteiger partial charge in [-0.1, -0.05) is 34.1 Å². The van der Waals surface area contributed by atoms with E-state index in [9.17, 15) is 0 Å². The van der Waals surface area contributed by atoms with Crippen LogP contribution >= 0.6 is 15.9 Å². The largest absolute Gasteiger partial charge is 0.487 e. The van der Waals surface area contributed by atoms with E-state index in [0.717, 1.165) is 15.9 Å². The van der Waals surface area contributed by atoms with Gasteiger partial charge in [0.2, 0.25) is 0 Å². The molecule has 0 bridgehead atoms. The molecular weight excluding hydrogens is 254 g/mol. The van der Waals surface area contributed by atoms with Gasteiger partial charge in [-0.15, -0.1) is 0 Å². The van der Waals surface area contributed by atoms with Crippen LogP contribution in [0.4, 0.5) is 0 Å². The van der Waals surface area contributed by atoms with Crippen molar-refractivity contribution in [2.75, 3.05) is 0 Å². The fourth-order valence-electron chi connectivity index (χ4n) is 1.20. The fourth-order valence-corrected chi connectivity index (χ4v) is 1.58. The van der Waals surface area contributed by atoms with Crippen molar-refractivity contribution >= 4 is 15.9 Å². The molecule has 0 amide bonds. The Hall–Kier alpha value is -1.35. The molecule has 0 unspecified atom stereocenters. The van der Waals surface area contributed by atoms with Gasteiger partial charge in [-0.05, 0) is 24.3 Å². The van der Waals surface area contributed by atoms with E-state index in [-0.39, 0.29) is 0 Å². The van der Waals surface area contributed by atoms with Crippen molar-refractivity contribution in [1.29, 1.82) is 0 Å². The lowest BCUT2D eigenvalue weighted by molar-refractivity contribution is 0.301. The average molecular weight is 264 g/mol. The summed E-state index contributed by atoms with van der Waals surface area (Å²) in [5, 5.41) is 0. The van der Waals surface area contributed by atoms with Gasteiger partial charge >= 0.3 is 0 Å². The first-order valence-electron chi connectivity index (χ1n) is 4.63. The summed E-state index contributed by atoms with van der Waals surface area (Å²) in [6, 6.07) is 13.6. The number of hydrogen-bond donors (Lipinski definition) is 0. The third-order valence-corrected chi connectivity index (χ3v) is 2.40. The monoisotopic (exact) mass is 263 g/mol. The van der Waals surface area contributed by atoms with E-state index in [1.807, 2.05) is 42.5 Å². The number of aromatic nitrogens is 1. The summed E-state index contributed by atoms with van der Waals surface area (Å²) in [7, 11) is 0. The predicted molar refractivity (Wildman–Crippen MR) is 62.7 cm³/mol. The van der Waals surface area contributed by atoms with Crippen LogP contribution in [0.25, 0.3) is 0 Å². The number of nitrogens with zero attached hydrogens (tertiary/aromatic N) is 1. The van der Waals surface area contributed by atoms with E-state index in [1.54, 1.807) is 6.20 Å². The summed E-state index contributed by atoms with van der Waals surface area (Å²) in [4.78, 5) is 4.20. The maximum absolute atomic E-state index is 5.56. The van der Waals surface area contributed by atoms with Crippen LogP contribution in [0.5, 0.6) is 5.75 Å². The Morgan fingerprint density at radius 2 is 1.93 bits per heavy atom. The highest BCUT2D eigenvalue weighted by Crippen LogP contribution is 2.13. The molecule has 15 heavy (non-hydrogen) atoms. The van der Waals surface area contributed by atoms with Crippen molar-refractivity contribution in [3.63, 3.8) is 0 Å².